The third-order valence-corrected chi connectivity index (χ3v) is 3.26. The number of carbonyl (C=O) groups excluding carboxylic acids is 1. The molecule has 3 N–H and O–H groups in total. The lowest BCUT2D eigenvalue weighted by Crippen LogP contribution is -2.49. The largest absolute Gasteiger partial charge is 0.349 e. The van der Waals surface area contributed by atoms with Crippen LogP contribution in [0.1, 0.15) is 37.2 Å². The van der Waals surface area contributed by atoms with Crippen molar-refractivity contribution in [2.24, 2.45) is 5.73 Å². The summed E-state index contributed by atoms with van der Waals surface area (Å²) in [4.78, 5) is 15.5. The number of carbonyl (C=O) groups is 1. The summed E-state index contributed by atoms with van der Waals surface area (Å²) in [5, 5.41) is 4.54. The van der Waals surface area contributed by atoms with Crippen molar-refractivity contribution in [1.29, 1.82) is 0 Å². The minimum atomic E-state index is -0.300. The number of rotatable bonds is 5. The van der Waals surface area contributed by atoms with E-state index in [1.54, 1.807) is 10.9 Å². The van der Waals surface area contributed by atoms with Gasteiger partial charge in [0.05, 0.1) is 5.51 Å². The summed E-state index contributed by atoms with van der Waals surface area (Å²) in [7, 11) is 0. The standard InChI is InChI=1S/C10H17N3OS.2ClH/c1-3-10(11,4-2)6-12-9(14)8-5-15-7-13-8;;/h5,7H,3-4,6,11H2,1-2H3,(H,12,14);2*1H. The Bertz CT molecular complexity index is 315. The fraction of sp³-hybridized carbons (Fsp3) is 0.600. The molecule has 0 aliphatic rings. The second-order valence-electron chi connectivity index (χ2n) is 3.63. The first-order valence-electron chi connectivity index (χ1n) is 5.06. The maximum Gasteiger partial charge on any atom is 0.270 e. The van der Waals surface area contributed by atoms with E-state index in [1.807, 2.05) is 13.8 Å². The van der Waals surface area contributed by atoms with Crippen LogP contribution in [0, 0.1) is 0 Å². The molecule has 100 valence electrons. The fourth-order valence-electron chi connectivity index (χ4n) is 1.17. The van der Waals surface area contributed by atoms with Gasteiger partial charge in [-0.1, -0.05) is 13.8 Å². The van der Waals surface area contributed by atoms with Crippen LogP contribution in [-0.4, -0.2) is 23.0 Å². The Morgan fingerprint density at radius 3 is 2.47 bits per heavy atom. The van der Waals surface area contributed by atoms with E-state index in [1.165, 1.54) is 11.3 Å². The second-order valence-corrected chi connectivity index (χ2v) is 4.34. The third-order valence-electron chi connectivity index (χ3n) is 2.67. The summed E-state index contributed by atoms with van der Waals surface area (Å²) < 4.78 is 0. The number of halogens is 2. The number of thiazole rings is 1. The highest BCUT2D eigenvalue weighted by Gasteiger charge is 2.21. The average Bonchev–Trinajstić information content (AvgIpc) is 2.79. The van der Waals surface area contributed by atoms with Gasteiger partial charge in [0.2, 0.25) is 0 Å². The normalized spacial score (nSPS) is 10.1. The first kappa shape index (κ1) is 19.0. The van der Waals surface area contributed by atoms with E-state index in [2.05, 4.69) is 10.3 Å². The quantitative estimate of drug-likeness (QED) is 0.876. The molecule has 0 fully saturated rings. The smallest absolute Gasteiger partial charge is 0.270 e. The molecule has 1 aromatic rings. The Hall–Kier alpha value is -0.360. The fourth-order valence-corrected chi connectivity index (χ4v) is 1.70. The van der Waals surface area contributed by atoms with Gasteiger partial charge in [0.15, 0.2) is 0 Å². The van der Waals surface area contributed by atoms with Crippen LogP contribution in [0.2, 0.25) is 0 Å². The van der Waals surface area contributed by atoms with Gasteiger partial charge in [-0.15, -0.1) is 36.2 Å². The van der Waals surface area contributed by atoms with E-state index >= 15 is 0 Å². The van der Waals surface area contributed by atoms with Crippen molar-refractivity contribution in [3.05, 3.63) is 16.6 Å². The molecule has 0 saturated heterocycles. The molecule has 1 heterocycles. The van der Waals surface area contributed by atoms with E-state index < -0.39 is 0 Å². The van der Waals surface area contributed by atoms with Crippen LogP contribution in [0.15, 0.2) is 10.9 Å². The van der Waals surface area contributed by atoms with Gasteiger partial charge in [0.1, 0.15) is 5.69 Å². The molecular weight excluding hydrogens is 281 g/mol. The van der Waals surface area contributed by atoms with Crippen LogP contribution in [0.3, 0.4) is 0 Å². The van der Waals surface area contributed by atoms with E-state index in [4.69, 9.17) is 5.73 Å². The molecule has 1 rings (SSSR count). The molecule has 1 amide bonds. The molecule has 0 unspecified atom stereocenters. The molecular formula is C10H19Cl2N3OS. The molecule has 0 radical (unpaired) electrons. The van der Waals surface area contributed by atoms with Crippen molar-refractivity contribution in [1.82, 2.24) is 10.3 Å². The highest BCUT2D eigenvalue weighted by Crippen LogP contribution is 2.09. The second kappa shape index (κ2) is 8.69. The molecule has 4 nitrogen and oxygen atoms in total. The van der Waals surface area contributed by atoms with Gasteiger partial charge in [0.25, 0.3) is 5.91 Å². The number of hydrogen-bond acceptors (Lipinski definition) is 4. The number of aromatic nitrogens is 1. The minimum absolute atomic E-state index is 0. The van der Waals surface area contributed by atoms with Gasteiger partial charge >= 0.3 is 0 Å². The lowest BCUT2D eigenvalue weighted by atomic mass is 9.94. The van der Waals surface area contributed by atoms with Crippen molar-refractivity contribution in [2.75, 3.05) is 6.54 Å². The van der Waals surface area contributed by atoms with E-state index in [0.717, 1.165) is 12.8 Å². The molecule has 0 aromatic carbocycles. The Balaban J connectivity index is 0. The predicted molar refractivity (Wildman–Crippen MR) is 76.4 cm³/mol. The molecule has 1 aromatic heterocycles. The van der Waals surface area contributed by atoms with Gasteiger partial charge in [-0.05, 0) is 12.8 Å². The summed E-state index contributed by atoms with van der Waals surface area (Å²) in [6.07, 6.45) is 1.70. The Morgan fingerprint density at radius 1 is 1.47 bits per heavy atom. The highest BCUT2D eigenvalue weighted by atomic mass is 35.5. The molecule has 0 aliphatic carbocycles. The first-order valence-corrected chi connectivity index (χ1v) is 6.01. The van der Waals surface area contributed by atoms with Crippen LogP contribution >= 0.6 is 36.2 Å². The van der Waals surface area contributed by atoms with Gasteiger partial charge < -0.3 is 11.1 Å². The van der Waals surface area contributed by atoms with Gasteiger partial charge in [-0.3, -0.25) is 4.79 Å². The monoisotopic (exact) mass is 299 g/mol. The first-order chi connectivity index (χ1) is 7.11. The number of nitrogens with zero attached hydrogens (tertiary/aromatic N) is 1. The molecule has 0 bridgehead atoms. The lowest BCUT2D eigenvalue weighted by molar-refractivity contribution is 0.0938. The number of nitrogens with two attached hydrogens (primary N) is 1. The summed E-state index contributed by atoms with van der Waals surface area (Å²) in [6.45, 7) is 4.55. The van der Waals surface area contributed by atoms with Crippen LogP contribution in [-0.2, 0) is 0 Å². The minimum Gasteiger partial charge on any atom is -0.349 e. The average molecular weight is 300 g/mol. The van der Waals surface area contributed by atoms with Gasteiger partial charge in [0, 0.05) is 17.5 Å². The SMILES string of the molecule is CCC(N)(CC)CNC(=O)c1cscn1.Cl.Cl. The number of nitrogens with one attached hydrogen (secondary N) is 1. The third kappa shape index (κ3) is 5.68. The number of hydrogen-bond donors (Lipinski definition) is 2. The maximum absolute atomic E-state index is 11.6. The van der Waals surface area contributed by atoms with Crippen molar-refractivity contribution >= 4 is 42.1 Å². The zero-order valence-corrected chi connectivity index (χ0v) is 12.4. The topological polar surface area (TPSA) is 68.0 Å². The van der Waals surface area contributed by atoms with E-state index in [0.29, 0.717) is 12.2 Å². The highest BCUT2D eigenvalue weighted by molar-refractivity contribution is 7.07. The van der Waals surface area contributed by atoms with Gasteiger partial charge in [-0.2, -0.15) is 0 Å². The molecule has 0 aliphatic heterocycles. The summed E-state index contributed by atoms with van der Waals surface area (Å²) in [5.41, 5.74) is 7.88. The molecule has 0 spiro atoms. The van der Waals surface area contributed by atoms with Crippen LogP contribution in [0.25, 0.3) is 0 Å². The summed E-state index contributed by atoms with van der Waals surface area (Å²) in [6, 6.07) is 0. The summed E-state index contributed by atoms with van der Waals surface area (Å²) in [5.74, 6) is -0.145. The van der Waals surface area contributed by atoms with E-state index in [9.17, 15) is 4.79 Å². The lowest BCUT2D eigenvalue weighted by Gasteiger charge is -2.26. The van der Waals surface area contributed by atoms with Crippen molar-refractivity contribution < 1.29 is 4.79 Å². The van der Waals surface area contributed by atoms with Crippen molar-refractivity contribution in [3.8, 4) is 0 Å². The van der Waals surface area contributed by atoms with Crippen LogP contribution in [0.5, 0.6) is 0 Å². The van der Waals surface area contributed by atoms with Crippen LogP contribution < -0.4 is 11.1 Å². The van der Waals surface area contributed by atoms with E-state index in [-0.39, 0.29) is 36.3 Å². The van der Waals surface area contributed by atoms with Crippen molar-refractivity contribution in [3.63, 3.8) is 0 Å². The Labute approximate surface area is 118 Å². The molecule has 17 heavy (non-hydrogen) atoms. The van der Waals surface area contributed by atoms with Crippen LogP contribution in [0.4, 0.5) is 0 Å². The number of amides is 1. The van der Waals surface area contributed by atoms with Gasteiger partial charge in [-0.25, -0.2) is 4.98 Å². The maximum atomic E-state index is 11.6. The van der Waals surface area contributed by atoms with Crippen molar-refractivity contribution in [2.45, 2.75) is 32.2 Å². The predicted octanol–water partition coefficient (Wildman–Crippen LogP) is 2.23. The summed E-state index contributed by atoms with van der Waals surface area (Å²) >= 11 is 1.41. The zero-order valence-electron chi connectivity index (χ0n) is 9.93. The Morgan fingerprint density at radius 2 is 2.06 bits per heavy atom. The Kier molecular flexibility index (Phi) is 9.71. The zero-order chi connectivity index (χ0) is 11.3. The molecule has 7 heteroatoms. The molecule has 0 saturated carbocycles. The molecule has 0 atom stereocenters.